The summed E-state index contributed by atoms with van der Waals surface area (Å²) < 4.78 is 0. The number of hydrogen-bond donors (Lipinski definition) is 2. The Hall–Kier alpha value is -0.340. The second-order valence-electron chi connectivity index (χ2n) is 5.82. The Morgan fingerprint density at radius 3 is 2.75 bits per heavy atom. The van der Waals surface area contributed by atoms with Gasteiger partial charge in [-0.2, -0.15) is 0 Å². The van der Waals surface area contributed by atoms with Crippen LogP contribution in [0.5, 0.6) is 0 Å². The largest absolute Gasteiger partial charge is 0.393 e. The molecule has 0 radical (unpaired) electrons. The van der Waals surface area contributed by atoms with E-state index in [9.17, 15) is 10.2 Å². The van der Waals surface area contributed by atoms with Crippen molar-refractivity contribution in [1.82, 2.24) is 0 Å². The van der Waals surface area contributed by atoms with Gasteiger partial charge in [-0.25, -0.2) is 0 Å². The van der Waals surface area contributed by atoms with Crippen LogP contribution in [-0.4, -0.2) is 22.4 Å². The summed E-state index contributed by atoms with van der Waals surface area (Å²) in [6.07, 6.45) is 9.73. The zero-order chi connectivity index (χ0) is 11.1. The Balaban J connectivity index is 1.90. The van der Waals surface area contributed by atoms with Crippen LogP contribution in [0.4, 0.5) is 0 Å². The van der Waals surface area contributed by atoms with Crippen molar-refractivity contribution < 1.29 is 10.2 Å². The minimum Gasteiger partial charge on any atom is -0.393 e. The quantitative estimate of drug-likeness (QED) is 0.617. The van der Waals surface area contributed by atoms with Crippen LogP contribution in [-0.2, 0) is 0 Å². The van der Waals surface area contributed by atoms with Gasteiger partial charge < -0.3 is 10.2 Å². The van der Waals surface area contributed by atoms with Crippen molar-refractivity contribution in [3.05, 3.63) is 11.6 Å². The van der Waals surface area contributed by atoms with Crippen LogP contribution in [0.25, 0.3) is 0 Å². The molecule has 2 saturated carbocycles. The minimum absolute atomic E-state index is 0.126. The first-order chi connectivity index (χ1) is 7.77. The Bertz CT molecular complexity index is 297. The fraction of sp³-hybridized carbons (Fsp3) is 0.857. The van der Waals surface area contributed by atoms with Gasteiger partial charge in [0.1, 0.15) is 0 Å². The first-order valence-corrected chi connectivity index (χ1v) is 6.84. The highest BCUT2D eigenvalue weighted by Crippen LogP contribution is 2.48. The monoisotopic (exact) mass is 222 g/mol. The predicted molar refractivity (Wildman–Crippen MR) is 62.9 cm³/mol. The Kier molecular flexibility index (Phi) is 2.80. The summed E-state index contributed by atoms with van der Waals surface area (Å²) in [5.74, 6) is 1.36. The van der Waals surface area contributed by atoms with Gasteiger partial charge in [0, 0.05) is 5.92 Å². The third-order valence-corrected chi connectivity index (χ3v) is 4.98. The molecule has 5 atom stereocenters. The Morgan fingerprint density at radius 1 is 1.00 bits per heavy atom. The van der Waals surface area contributed by atoms with Crippen molar-refractivity contribution in [3.63, 3.8) is 0 Å². The smallest absolute Gasteiger partial charge is 0.0779 e. The fourth-order valence-electron chi connectivity index (χ4n) is 4.27. The SMILES string of the molecule is OC1CCCC2[C@H]1[C@H](O)C=C1CCCC[C@@H]12. The third kappa shape index (κ3) is 1.63. The van der Waals surface area contributed by atoms with Crippen LogP contribution in [0.15, 0.2) is 11.6 Å². The number of fused-ring (bicyclic) bond motifs is 3. The van der Waals surface area contributed by atoms with Crippen LogP contribution < -0.4 is 0 Å². The Morgan fingerprint density at radius 2 is 1.88 bits per heavy atom. The van der Waals surface area contributed by atoms with Gasteiger partial charge in [-0.1, -0.05) is 24.5 Å². The standard InChI is InChI=1S/C14H22O2/c15-12-7-3-6-11-10-5-2-1-4-9(10)8-13(16)14(11)12/h8,10-16H,1-7H2/t10-,11?,12?,13+,14+/m0/s1. The molecule has 90 valence electrons. The molecular formula is C14H22O2. The van der Waals surface area contributed by atoms with Crippen LogP contribution in [0, 0.1) is 17.8 Å². The van der Waals surface area contributed by atoms with Crippen molar-refractivity contribution in [1.29, 1.82) is 0 Å². The molecule has 0 saturated heterocycles. The van der Waals surface area contributed by atoms with Gasteiger partial charge in [-0.15, -0.1) is 0 Å². The van der Waals surface area contributed by atoms with Crippen LogP contribution in [0.1, 0.15) is 44.9 Å². The lowest BCUT2D eigenvalue weighted by Gasteiger charge is -2.47. The van der Waals surface area contributed by atoms with E-state index in [1.807, 2.05) is 0 Å². The van der Waals surface area contributed by atoms with Crippen molar-refractivity contribution >= 4 is 0 Å². The zero-order valence-corrected chi connectivity index (χ0v) is 9.81. The van der Waals surface area contributed by atoms with Gasteiger partial charge in [0.05, 0.1) is 12.2 Å². The molecule has 2 N–H and O–H groups in total. The summed E-state index contributed by atoms with van der Waals surface area (Å²) in [6.45, 7) is 0. The predicted octanol–water partition coefficient (Wildman–Crippen LogP) is 2.25. The number of aliphatic hydroxyl groups is 2. The van der Waals surface area contributed by atoms with E-state index in [4.69, 9.17) is 0 Å². The highest BCUT2D eigenvalue weighted by atomic mass is 16.3. The number of hydrogen-bond acceptors (Lipinski definition) is 2. The molecule has 16 heavy (non-hydrogen) atoms. The second kappa shape index (κ2) is 4.15. The summed E-state index contributed by atoms with van der Waals surface area (Å²) in [5, 5.41) is 20.3. The molecule has 0 amide bonds. The van der Waals surface area contributed by atoms with E-state index in [0.717, 1.165) is 12.8 Å². The van der Waals surface area contributed by atoms with Crippen molar-refractivity contribution in [2.24, 2.45) is 17.8 Å². The molecule has 0 aromatic rings. The van der Waals surface area contributed by atoms with E-state index in [-0.39, 0.29) is 18.1 Å². The minimum atomic E-state index is -0.385. The first-order valence-electron chi connectivity index (χ1n) is 6.84. The summed E-state index contributed by atoms with van der Waals surface area (Å²) in [4.78, 5) is 0. The molecule has 3 aliphatic carbocycles. The van der Waals surface area contributed by atoms with Crippen molar-refractivity contribution in [2.45, 2.75) is 57.2 Å². The molecular weight excluding hydrogens is 200 g/mol. The number of allylic oxidation sites excluding steroid dienone is 1. The molecule has 0 heterocycles. The highest BCUT2D eigenvalue weighted by Gasteiger charge is 2.44. The maximum absolute atomic E-state index is 10.2. The van der Waals surface area contributed by atoms with Gasteiger partial charge in [0.2, 0.25) is 0 Å². The van der Waals surface area contributed by atoms with E-state index < -0.39 is 0 Å². The zero-order valence-electron chi connectivity index (χ0n) is 9.81. The lowest BCUT2D eigenvalue weighted by atomic mass is 9.60. The van der Waals surface area contributed by atoms with Crippen LogP contribution >= 0.6 is 0 Å². The average molecular weight is 222 g/mol. The lowest BCUT2D eigenvalue weighted by Crippen LogP contribution is -2.46. The van der Waals surface area contributed by atoms with Gasteiger partial charge in [0.15, 0.2) is 0 Å². The number of rotatable bonds is 0. The average Bonchev–Trinajstić information content (AvgIpc) is 2.29. The molecule has 2 fully saturated rings. The molecule has 0 spiro atoms. The first kappa shape index (κ1) is 10.8. The maximum Gasteiger partial charge on any atom is 0.0779 e. The maximum atomic E-state index is 10.2. The van der Waals surface area contributed by atoms with E-state index in [1.165, 1.54) is 37.7 Å². The Labute approximate surface area is 97.4 Å². The van der Waals surface area contributed by atoms with E-state index in [1.54, 1.807) is 0 Å². The van der Waals surface area contributed by atoms with Gasteiger partial charge in [0.25, 0.3) is 0 Å². The molecule has 0 aromatic carbocycles. The topological polar surface area (TPSA) is 40.5 Å². The molecule has 2 heteroatoms. The van der Waals surface area contributed by atoms with Crippen LogP contribution in [0.3, 0.4) is 0 Å². The number of aliphatic hydroxyl groups excluding tert-OH is 2. The summed E-state index contributed by atoms with van der Waals surface area (Å²) in [5.41, 5.74) is 1.49. The molecule has 3 rings (SSSR count). The van der Waals surface area contributed by atoms with Gasteiger partial charge in [-0.3, -0.25) is 0 Å². The molecule has 3 aliphatic rings. The van der Waals surface area contributed by atoms with E-state index in [0.29, 0.717) is 11.8 Å². The fourth-order valence-corrected chi connectivity index (χ4v) is 4.27. The highest BCUT2D eigenvalue weighted by molar-refractivity contribution is 5.20. The van der Waals surface area contributed by atoms with Crippen molar-refractivity contribution in [2.75, 3.05) is 0 Å². The van der Waals surface area contributed by atoms with Crippen molar-refractivity contribution in [3.8, 4) is 0 Å². The van der Waals surface area contributed by atoms with Gasteiger partial charge in [-0.05, 0) is 43.9 Å². The molecule has 0 aliphatic heterocycles. The normalized spacial score (nSPS) is 47.9. The summed E-state index contributed by atoms with van der Waals surface area (Å²) in [7, 11) is 0. The van der Waals surface area contributed by atoms with Crippen LogP contribution in [0.2, 0.25) is 0 Å². The van der Waals surface area contributed by atoms with Gasteiger partial charge >= 0.3 is 0 Å². The lowest BCUT2D eigenvalue weighted by molar-refractivity contribution is -0.0506. The van der Waals surface area contributed by atoms with E-state index in [2.05, 4.69) is 6.08 Å². The molecule has 2 nitrogen and oxygen atoms in total. The third-order valence-electron chi connectivity index (χ3n) is 4.98. The molecule has 2 unspecified atom stereocenters. The van der Waals surface area contributed by atoms with E-state index >= 15 is 0 Å². The molecule has 0 aromatic heterocycles. The summed E-state index contributed by atoms with van der Waals surface area (Å²) in [6, 6.07) is 0. The second-order valence-corrected chi connectivity index (χ2v) is 5.82. The molecule has 0 bridgehead atoms. The summed E-state index contributed by atoms with van der Waals surface area (Å²) >= 11 is 0.